The first-order valence-electron chi connectivity index (χ1n) is 10.1. The smallest absolute Gasteiger partial charge is 0.303 e. The fourth-order valence-electron chi connectivity index (χ4n) is 3.01. The van der Waals surface area contributed by atoms with Crippen LogP contribution in [0.1, 0.15) is 41.8 Å². The Kier molecular flexibility index (Phi) is 6.09. The Morgan fingerprint density at radius 3 is 2.68 bits per heavy atom. The van der Waals surface area contributed by atoms with Crippen molar-refractivity contribution in [3.63, 3.8) is 0 Å². The Hall–Kier alpha value is -1.09. The molecule has 6 nitrogen and oxygen atoms in total. The number of hydrogen-bond donors (Lipinski definition) is 2. The summed E-state index contributed by atoms with van der Waals surface area (Å²) in [6.07, 6.45) is -6.21. The Labute approximate surface area is 197 Å². The van der Waals surface area contributed by atoms with E-state index in [2.05, 4.69) is 5.32 Å². The van der Waals surface area contributed by atoms with E-state index in [0.29, 0.717) is 16.8 Å². The summed E-state index contributed by atoms with van der Waals surface area (Å²) in [5.41, 5.74) is 1.25. The predicted octanol–water partition coefficient (Wildman–Crippen LogP) is 3.03. The van der Waals surface area contributed by atoms with Crippen LogP contribution in [-0.4, -0.2) is 62.6 Å². The molecule has 2 aromatic rings. The van der Waals surface area contributed by atoms with Gasteiger partial charge in [0.1, 0.15) is 0 Å². The Balaban J connectivity index is 0.00000363. The maximum Gasteiger partial charge on any atom is 0.303 e. The van der Waals surface area contributed by atoms with Gasteiger partial charge < -0.3 is 10.4 Å². The minimum Gasteiger partial charge on any atom is -0.481 e. The number of fused-ring (bicyclic) bond motifs is 2. The van der Waals surface area contributed by atoms with E-state index in [-0.39, 0.29) is 39.5 Å². The van der Waals surface area contributed by atoms with Gasteiger partial charge in [-0.25, -0.2) is 8.42 Å². The summed E-state index contributed by atoms with van der Waals surface area (Å²) in [4.78, 5) is 10.9. The van der Waals surface area contributed by atoms with Crippen LogP contribution in [0.4, 0.5) is 5.69 Å². The van der Waals surface area contributed by atoms with Gasteiger partial charge in [-0.2, -0.15) is 0 Å². The average Bonchev–Trinajstić information content (AvgIpc) is 2.73. The van der Waals surface area contributed by atoms with Gasteiger partial charge in [0, 0.05) is 53.5 Å². The van der Waals surface area contributed by atoms with Crippen LogP contribution in [-0.2, 0) is 14.8 Å². The largest absolute Gasteiger partial charge is 0.481 e. The van der Waals surface area contributed by atoms with Crippen LogP contribution in [0.15, 0.2) is 47.4 Å². The number of para-hydroxylation sites is 1. The molecule has 1 unspecified atom stereocenters. The third kappa shape index (κ3) is 4.72. The number of carboxylic acids is 1. The van der Waals surface area contributed by atoms with Crippen LogP contribution in [0.25, 0.3) is 0 Å². The first-order chi connectivity index (χ1) is 14.3. The molecule has 1 heterocycles. The zero-order valence-corrected chi connectivity index (χ0v) is 19.0. The van der Waals surface area contributed by atoms with Crippen LogP contribution >= 0.6 is 11.6 Å². The number of halogens is 1. The van der Waals surface area contributed by atoms with Crippen molar-refractivity contribution in [2.75, 3.05) is 17.9 Å². The second-order valence-electron chi connectivity index (χ2n) is 5.95. The van der Waals surface area contributed by atoms with Crippen molar-refractivity contribution >= 4 is 62.8 Å². The number of carbonyl (C=O) groups is 1. The fourth-order valence-corrected chi connectivity index (χ4v) is 4.72. The number of benzene rings is 2. The monoisotopic (exact) mass is 435 g/mol. The van der Waals surface area contributed by atoms with Gasteiger partial charge in [-0.1, -0.05) is 35.9 Å². The second-order valence-corrected chi connectivity index (χ2v) is 8.33. The SMILES string of the molecule is [2H]C([2H])(CNC1c2ccccc2N(C)S(=O)(=O)c2cc(Cl)ccc21)C([2H])([2H])CC(=O)O.[Na]. The number of sulfonamides is 1. The maximum absolute atomic E-state index is 13.2. The van der Waals surface area contributed by atoms with E-state index < -0.39 is 47.7 Å². The quantitative estimate of drug-likeness (QED) is 0.681. The molecular weight excluding hydrogens is 411 g/mol. The van der Waals surface area contributed by atoms with Gasteiger partial charge in [0.15, 0.2) is 0 Å². The summed E-state index contributed by atoms with van der Waals surface area (Å²) in [6.45, 7) is -0.557. The molecule has 2 aromatic carbocycles. The summed E-state index contributed by atoms with van der Waals surface area (Å²) in [6, 6.07) is 10.3. The molecule has 1 atom stereocenters. The molecule has 9 heteroatoms. The molecule has 0 amide bonds. The van der Waals surface area contributed by atoms with E-state index in [0.717, 1.165) is 4.31 Å². The summed E-state index contributed by atoms with van der Waals surface area (Å²) in [7, 11) is -2.55. The molecule has 3 rings (SSSR count). The second kappa shape index (κ2) is 9.61. The van der Waals surface area contributed by atoms with Crippen LogP contribution in [0.5, 0.6) is 0 Å². The van der Waals surface area contributed by atoms with E-state index in [1.165, 1.54) is 25.2 Å². The van der Waals surface area contributed by atoms with Crippen LogP contribution in [0.3, 0.4) is 0 Å². The number of hydrogen-bond acceptors (Lipinski definition) is 4. The summed E-state index contributed by atoms with van der Waals surface area (Å²) >= 11 is 6.05. The average molecular weight is 436 g/mol. The van der Waals surface area contributed by atoms with Gasteiger partial charge >= 0.3 is 5.97 Å². The number of rotatable bonds is 6. The summed E-state index contributed by atoms with van der Waals surface area (Å²) in [5, 5.41) is 12.1. The van der Waals surface area contributed by atoms with Crippen molar-refractivity contribution in [1.82, 2.24) is 5.32 Å². The molecule has 0 aromatic heterocycles. The molecule has 0 saturated carbocycles. The van der Waals surface area contributed by atoms with Crippen molar-refractivity contribution in [3.8, 4) is 0 Å². The van der Waals surface area contributed by atoms with Crippen molar-refractivity contribution < 1.29 is 23.8 Å². The number of aliphatic carboxylic acids is 1. The molecular formula is C19H21ClN2NaO4S. The van der Waals surface area contributed by atoms with Crippen molar-refractivity contribution in [2.24, 2.45) is 0 Å². The summed E-state index contributed by atoms with van der Waals surface area (Å²) in [5.74, 6) is -1.46. The fraction of sp³-hybridized carbons (Fsp3) is 0.316. The number of anilines is 1. The number of nitrogens with zero attached hydrogens (tertiary/aromatic N) is 1. The van der Waals surface area contributed by atoms with Gasteiger partial charge in [0.25, 0.3) is 10.0 Å². The predicted molar refractivity (Wildman–Crippen MR) is 111 cm³/mol. The third-order valence-electron chi connectivity index (χ3n) is 4.27. The van der Waals surface area contributed by atoms with Gasteiger partial charge in [0.05, 0.1) is 16.6 Å². The standard InChI is InChI=1S/C19H21ClN2O4S.Na/c1-22-16-7-3-2-6-14(16)19(21-11-5-4-8-18(23)24)15-10-9-13(20)12-17(15)27(22,25)26;/h2-3,6-7,9-10,12,19,21H,4-5,8,11H2,1H3,(H,23,24);/i4D2,5D2;. The Morgan fingerprint density at radius 2 is 1.96 bits per heavy atom. The van der Waals surface area contributed by atoms with Gasteiger partial charge in [-0.3, -0.25) is 9.10 Å². The van der Waals surface area contributed by atoms with E-state index in [4.69, 9.17) is 22.2 Å². The molecule has 1 aliphatic heterocycles. The Bertz CT molecular complexity index is 1130. The van der Waals surface area contributed by atoms with Gasteiger partial charge in [-0.05, 0) is 48.6 Å². The molecule has 0 saturated heterocycles. The zero-order valence-electron chi connectivity index (χ0n) is 19.4. The third-order valence-corrected chi connectivity index (χ3v) is 6.33. The molecule has 28 heavy (non-hydrogen) atoms. The molecule has 2 N–H and O–H groups in total. The number of carboxylic acid groups (broad SMARTS) is 1. The van der Waals surface area contributed by atoms with Gasteiger partial charge in [-0.15, -0.1) is 0 Å². The molecule has 0 aliphatic carbocycles. The van der Waals surface area contributed by atoms with E-state index in [1.54, 1.807) is 24.3 Å². The van der Waals surface area contributed by atoms with Crippen molar-refractivity contribution in [2.45, 2.75) is 30.1 Å². The zero-order chi connectivity index (χ0) is 23.2. The minimum atomic E-state index is -3.96. The minimum absolute atomic E-state index is 0. The van der Waals surface area contributed by atoms with Crippen LogP contribution in [0.2, 0.25) is 5.02 Å². The van der Waals surface area contributed by atoms with E-state index >= 15 is 0 Å². The molecule has 0 spiro atoms. The molecule has 1 aliphatic rings. The Morgan fingerprint density at radius 1 is 1.25 bits per heavy atom. The topological polar surface area (TPSA) is 86.7 Å². The summed E-state index contributed by atoms with van der Waals surface area (Å²) < 4.78 is 59.6. The van der Waals surface area contributed by atoms with Crippen molar-refractivity contribution in [1.29, 1.82) is 0 Å². The van der Waals surface area contributed by atoms with Crippen LogP contribution < -0.4 is 9.62 Å². The van der Waals surface area contributed by atoms with Gasteiger partial charge in [0.2, 0.25) is 0 Å². The first kappa shape index (κ1) is 17.7. The molecule has 0 fully saturated rings. The maximum atomic E-state index is 13.2. The molecule has 0 bridgehead atoms. The van der Waals surface area contributed by atoms with E-state index in [9.17, 15) is 13.2 Å². The first-order valence-corrected chi connectivity index (χ1v) is 9.92. The van der Waals surface area contributed by atoms with Crippen molar-refractivity contribution in [3.05, 3.63) is 58.6 Å². The molecule has 1 radical (unpaired) electrons. The number of nitrogens with one attached hydrogen (secondary N) is 1. The van der Waals surface area contributed by atoms with E-state index in [1.807, 2.05) is 0 Å². The molecule has 145 valence electrons. The van der Waals surface area contributed by atoms with Crippen LogP contribution in [0, 0.1) is 0 Å². The normalized spacial score (nSPS) is 20.2.